The van der Waals surface area contributed by atoms with Crippen molar-refractivity contribution in [1.82, 2.24) is 31.5 Å². The van der Waals surface area contributed by atoms with E-state index in [4.69, 9.17) is 4.74 Å². The van der Waals surface area contributed by atoms with E-state index in [9.17, 15) is 28.8 Å². The van der Waals surface area contributed by atoms with Gasteiger partial charge in [0.05, 0.1) is 18.0 Å². The van der Waals surface area contributed by atoms with Crippen molar-refractivity contribution in [3.8, 4) is 5.75 Å². The molecule has 0 radical (unpaired) electrons. The van der Waals surface area contributed by atoms with Crippen LogP contribution in [-0.2, 0) is 30.4 Å². The van der Waals surface area contributed by atoms with Gasteiger partial charge in [0.25, 0.3) is 5.91 Å². The summed E-state index contributed by atoms with van der Waals surface area (Å²) in [5.41, 5.74) is 0.904. The van der Waals surface area contributed by atoms with E-state index in [1.807, 2.05) is 30.3 Å². The van der Waals surface area contributed by atoms with Crippen LogP contribution in [0.1, 0.15) is 56.0 Å². The molecular formula is C34H44N6O7. The molecule has 4 rings (SSSR count). The third-order valence-corrected chi connectivity index (χ3v) is 8.05. The molecule has 2 aliphatic rings. The number of carbonyl (C=O) groups is 6. The molecule has 0 saturated carbocycles. The summed E-state index contributed by atoms with van der Waals surface area (Å²) in [7, 11) is 0. The number of amides is 6. The van der Waals surface area contributed by atoms with Crippen molar-refractivity contribution in [3.05, 3.63) is 65.7 Å². The first-order chi connectivity index (χ1) is 22.5. The van der Waals surface area contributed by atoms with Crippen molar-refractivity contribution < 1.29 is 33.5 Å². The third kappa shape index (κ3) is 10.0. The van der Waals surface area contributed by atoms with Crippen molar-refractivity contribution in [2.45, 2.75) is 70.6 Å². The molecule has 0 bridgehead atoms. The maximum Gasteiger partial charge on any atom is 0.255 e. The fourth-order valence-corrected chi connectivity index (χ4v) is 5.48. The lowest BCUT2D eigenvalue weighted by molar-refractivity contribution is -0.133. The number of rotatable bonds is 7. The number of para-hydroxylation sites is 1. The van der Waals surface area contributed by atoms with Gasteiger partial charge >= 0.3 is 0 Å². The largest absolute Gasteiger partial charge is 0.491 e. The summed E-state index contributed by atoms with van der Waals surface area (Å²) in [5.74, 6) is -2.97. The van der Waals surface area contributed by atoms with Crippen LogP contribution in [0.15, 0.2) is 54.6 Å². The van der Waals surface area contributed by atoms with E-state index in [1.165, 1.54) is 6.07 Å². The summed E-state index contributed by atoms with van der Waals surface area (Å²) >= 11 is 0. The second kappa shape index (κ2) is 16.6. The second-order valence-electron chi connectivity index (χ2n) is 12.3. The second-order valence-corrected chi connectivity index (χ2v) is 12.3. The zero-order valence-corrected chi connectivity index (χ0v) is 27.0. The lowest BCUT2D eigenvalue weighted by atomic mass is 10.0. The van der Waals surface area contributed by atoms with Crippen LogP contribution in [0.3, 0.4) is 0 Å². The first kappa shape index (κ1) is 34.9. The van der Waals surface area contributed by atoms with E-state index >= 15 is 0 Å². The Kier molecular flexibility index (Phi) is 12.3. The molecule has 0 aromatic heterocycles. The molecule has 0 unspecified atom stereocenters. The number of ether oxygens (including phenoxy) is 1. The van der Waals surface area contributed by atoms with E-state index in [0.29, 0.717) is 19.5 Å². The van der Waals surface area contributed by atoms with Gasteiger partial charge in [-0.05, 0) is 37.0 Å². The molecular weight excluding hydrogens is 604 g/mol. The Balaban J connectivity index is 1.62. The highest BCUT2D eigenvalue weighted by Crippen LogP contribution is 2.19. The van der Waals surface area contributed by atoms with E-state index in [-0.39, 0.29) is 42.7 Å². The molecule has 0 spiro atoms. The SMILES string of the molecule is CC(C)[C@H]1NC(=O)[C@H](Cc2ccccc2)NC(=O)C[C@@H](C(=O)NCCN2CCCC2=O)NC(=O)c2ccccc2OC[C@H](C)NC1=O. The molecule has 47 heavy (non-hydrogen) atoms. The maximum absolute atomic E-state index is 13.7. The average Bonchev–Trinajstić information content (AvgIpc) is 3.45. The van der Waals surface area contributed by atoms with E-state index in [0.717, 1.165) is 12.0 Å². The first-order valence-corrected chi connectivity index (χ1v) is 16.0. The Morgan fingerprint density at radius 3 is 2.36 bits per heavy atom. The van der Waals surface area contributed by atoms with Gasteiger partial charge in [0.1, 0.15) is 30.5 Å². The van der Waals surface area contributed by atoms with Gasteiger partial charge in [0.15, 0.2) is 0 Å². The van der Waals surface area contributed by atoms with Gasteiger partial charge in [-0.3, -0.25) is 28.8 Å². The summed E-state index contributed by atoms with van der Waals surface area (Å²) < 4.78 is 5.91. The molecule has 6 amide bonds. The monoisotopic (exact) mass is 648 g/mol. The highest BCUT2D eigenvalue weighted by atomic mass is 16.5. The lowest BCUT2D eigenvalue weighted by Crippen LogP contribution is -2.57. The third-order valence-electron chi connectivity index (χ3n) is 8.05. The Labute approximate surface area is 274 Å². The van der Waals surface area contributed by atoms with Crippen LogP contribution in [0.25, 0.3) is 0 Å². The number of likely N-dealkylation sites (tertiary alicyclic amines) is 1. The van der Waals surface area contributed by atoms with Gasteiger partial charge in [0.2, 0.25) is 29.5 Å². The molecule has 2 aromatic rings. The topological polar surface area (TPSA) is 175 Å². The number of fused-ring (bicyclic) bond motifs is 1. The summed E-state index contributed by atoms with van der Waals surface area (Å²) in [6, 6.07) is 11.7. The van der Waals surface area contributed by atoms with Gasteiger partial charge in [-0.15, -0.1) is 0 Å². The molecule has 2 aromatic carbocycles. The van der Waals surface area contributed by atoms with Crippen molar-refractivity contribution >= 4 is 35.4 Å². The van der Waals surface area contributed by atoms with Crippen LogP contribution in [-0.4, -0.2) is 90.8 Å². The number of hydrogen-bond donors (Lipinski definition) is 5. The highest BCUT2D eigenvalue weighted by molar-refractivity contribution is 6.01. The fraction of sp³-hybridized carbons (Fsp3) is 0.471. The number of nitrogens with zero attached hydrogens (tertiary/aromatic N) is 1. The molecule has 5 N–H and O–H groups in total. The number of benzene rings is 2. The number of nitrogens with one attached hydrogen (secondary N) is 5. The van der Waals surface area contributed by atoms with Gasteiger partial charge in [-0.2, -0.15) is 0 Å². The van der Waals surface area contributed by atoms with Crippen LogP contribution in [0, 0.1) is 5.92 Å². The zero-order chi connectivity index (χ0) is 33.9. The molecule has 1 fully saturated rings. The minimum atomic E-state index is -1.31. The Morgan fingerprint density at radius 1 is 0.936 bits per heavy atom. The van der Waals surface area contributed by atoms with Crippen LogP contribution < -0.4 is 31.3 Å². The number of hydrogen-bond acceptors (Lipinski definition) is 7. The fourth-order valence-electron chi connectivity index (χ4n) is 5.48. The Hall–Kier alpha value is -4.94. The van der Waals surface area contributed by atoms with Crippen LogP contribution in [0.4, 0.5) is 0 Å². The van der Waals surface area contributed by atoms with Crippen molar-refractivity contribution in [3.63, 3.8) is 0 Å². The quantitative estimate of drug-likeness (QED) is 0.293. The highest BCUT2D eigenvalue weighted by Gasteiger charge is 2.32. The predicted octanol–water partition coefficient (Wildman–Crippen LogP) is 0.679. The first-order valence-electron chi connectivity index (χ1n) is 16.0. The normalized spacial score (nSPS) is 23.1. The Morgan fingerprint density at radius 2 is 1.66 bits per heavy atom. The summed E-state index contributed by atoms with van der Waals surface area (Å²) in [4.78, 5) is 81.1. The summed E-state index contributed by atoms with van der Waals surface area (Å²) in [5, 5.41) is 13.8. The summed E-state index contributed by atoms with van der Waals surface area (Å²) in [6.07, 6.45) is 0.862. The Bertz CT molecular complexity index is 1450. The van der Waals surface area contributed by atoms with Crippen molar-refractivity contribution in [2.24, 2.45) is 5.92 Å². The standard InChI is InChI=1S/C34H44N6O7/c1-21(2)30-34(46)36-22(3)20-47-27-13-8-7-12-24(27)31(43)38-26(32(44)35-15-17-40-16-9-14-29(40)42)19-28(41)37-25(33(45)39-30)18-23-10-5-4-6-11-23/h4-8,10-13,21-22,25-26,30H,9,14-20H2,1-3H3,(H,35,44)(H,36,46)(H,37,41)(H,38,43)(H,39,45)/t22-,25-,26-,30+/m0/s1. The van der Waals surface area contributed by atoms with Gasteiger partial charge in [-0.25, -0.2) is 0 Å². The zero-order valence-electron chi connectivity index (χ0n) is 27.0. The van der Waals surface area contributed by atoms with E-state index < -0.39 is 60.1 Å². The van der Waals surface area contributed by atoms with E-state index in [1.54, 1.807) is 43.9 Å². The number of carbonyl (C=O) groups excluding carboxylic acids is 6. The van der Waals surface area contributed by atoms with Crippen molar-refractivity contribution in [1.29, 1.82) is 0 Å². The van der Waals surface area contributed by atoms with Gasteiger partial charge in [0, 0.05) is 32.5 Å². The molecule has 2 heterocycles. The van der Waals surface area contributed by atoms with E-state index in [2.05, 4.69) is 26.6 Å². The molecule has 2 aliphatic heterocycles. The minimum absolute atomic E-state index is 0.0118. The summed E-state index contributed by atoms with van der Waals surface area (Å²) in [6.45, 7) is 6.40. The lowest BCUT2D eigenvalue weighted by Gasteiger charge is -2.27. The van der Waals surface area contributed by atoms with Gasteiger partial charge < -0.3 is 36.2 Å². The molecule has 1 saturated heterocycles. The molecule has 0 aliphatic carbocycles. The van der Waals surface area contributed by atoms with Crippen LogP contribution >= 0.6 is 0 Å². The average molecular weight is 649 g/mol. The molecule has 13 nitrogen and oxygen atoms in total. The predicted molar refractivity (Wildman–Crippen MR) is 173 cm³/mol. The molecule has 13 heteroatoms. The van der Waals surface area contributed by atoms with Crippen LogP contribution in [0.2, 0.25) is 0 Å². The molecule has 4 atom stereocenters. The molecule has 252 valence electrons. The van der Waals surface area contributed by atoms with Crippen molar-refractivity contribution in [2.75, 3.05) is 26.2 Å². The minimum Gasteiger partial charge on any atom is -0.491 e. The maximum atomic E-state index is 13.7. The van der Waals surface area contributed by atoms with Crippen LogP contribution in [0.5, 0.6) is 5.75 Å². The smallest absolute Gasteiger partial charge is 0.255 e. The van der Waals surface area contributed by atoms with Gasteiger partial charge in [-0.1, -0.05) is 56.3 Å².